The van der Waals surface area contributed by atoms with E-state index in [1.165, 1.54) is 0 Å². The van der Waals surface area contributed by atoms with Gasteiger partial charge in [0.15, 0.2) is 0 Å². The summed E-state index contributed by atoms with van der Waals surface area (Å²) in [5, 5.41) is 2.97. The second-order valence-electron chi connectivity index (χ2n) is 5.12. The number of benzene rings is 1. The minimum absolute atomic E-state index is 0.0824. The molecule has 1 amide bonds. The predicted molar refractivity (Wildman–Crippen MR) is 82.1 cm³/mol. The van der Waals surface area contributed by atoms with Gasteiger partial charge in [-0.3, -0.25) is 4.79 Å². The Kier molecular flexibility index (Phi) is 6.31. The number of amides is 1. The summed E-state index contributed by atoms with van der Waals surface area (Å²) in [6.45, 7) is 5.29. The van der Waals surface area contributed by atoms with E-state index in [1.54, 1.807) is 18.2 Å². The monoisotopic (exact) mass is 279 g/mol. The van der Waals surface area contributed by atoms with Crippen LogP contribution in [0.3, 0.4) is 0 Å². The molecule has 0 saturated carbocycles. The molecule has 0 aliphatic rings. The number of hydrogen-bond donors (Lipinski definition) is 2. The first-order valence-electron chi connectivity index (χ1n) is 6.92. The Morgan fingerprint density at radius 3 is 2.75 bits per heavy atom. The van der Waals surface area contributed by atoms with E-state index in [9.17, 15) is 4.79 Å². The maximum atomic E-state index is 12.3. The molecule has 1 unspecified atom stereocenters. The number of nitrogens with zero attached hydrogens (tertiary/aromatic N) is 1. The SMILES string of the molecule is CCOc1cccc(N)c1C(=O)NC(C)CCN(C)C. The van der Waals surface area contributed by atoms with Crippen molar-refractivity contribution in [3.05, 3.63) is 23.8 Å². The van der Waals surface area contributed by atoms with E-state index in [2.05, 4.69) is 10.2 Å². The lowest BCUT2D eigenvalue weighted by Gasteiger charge is -2.18. The van der Waals surface area contributed by atoms with E-state index in [0.717, 1.165) is 13.0 Å². The highest BCUT2D eigenvalue weighted by atomic mass is 16.5. The van der Waals surface area contributed by atoms with Gasteiger partial charge in [-0.15, -0.1) is 0 Å². The molecule has 1 atom stereocenters. The molecule has 5 nitrogen and oxygen atoms in total. The van der Waals surface area contributed by atoms with Gasteiger partial charge < -0.3 is 20.7 Å². The Labute approximate surface area is 121 Å². The van der Waals surface area contributed by atoms with Crippen molar-refractivity contribution in [2.24, 2.45) is 0 Å². The Bertz CT molecular complexity index is 447. The largest absolute Gasteiger partial charge is 0.493 e. The highest BCUT2D eigenvalue weighted by Gasteiger charge is 2.17. The number of carbonyl (C=O) groups is 1. The van der Waals surface area contributed by atoms with Crippen molar-refractivity contribution >= 4 is 11.6 Å². The Morgan fingerprint density at radius 2 is 2.15 bits per heavy atom. The lowest BCUT2D eigenvalue weighted by Crippen LogP contribution is -2.35. The molecule has 0 aliphatic heterocycles. The topological polar surface area (TPSA) is 67.6 Å². The molecule has 0 fully saturated rings. The van der Waals surface area contributed by atoms with Crippen molar-refractivity contribution in [1.29, 1.82) is 0 Å². The van der Waals surface area contributed by atoms with Gasteiger partial charge in [0.25, 0.3) is 5.91 Å². The molecule has 3 N–H and O–H groups in total. The van der Waals surface area contributed by atoms with Crippen LogP contribution in [0.1, 0.15) is 30.6 Å². The molecular formula is C15H25N3O2. The molecule has 0 saturated heterocycles. The summed E-state index contributed by atoms with van der Waals surface area (Å²) in [4.78, 5) is 14.4. The number of hydrogen-bond acceptors (Lipinski definition) is 4. The number of ether oxygens (including phenoxy) is 1. The number of nitrogen functional groups attached to an aromatic ring is 1. The van der Waals surface area contributed by atoms with Crippen LogP contribution in [0.2, 0.25) is 0 Å². The average molecular weight is 279 g/mol. The summed E-state index contributed by atoms with van der Waals surface area (Å²) < 4.78 is 5.47. The predicted octanol–water partition coefficient (Wildman–Crippen LogP) is 1.74. The minimum Gasteiger partial charge on any atom is -0.493 e. The highest BCUT2D eigenvalue weighted by Crippen LogP contribution is 2.24. The molecule has 0 aromatic heterocycles. The summed E-state index contributed by atoms with van der Waals surface area (Å²) in [7, 11) is 4.02. The molecule has 1 rings (SSSR count). The molecule has 1 aromatic carbocycles. The Balaban J connectivity index is 2.76. The lowest BCUT2D eigenvalue weighted by atomic mass is 10.1. The fourth-order valence-corrected chi connectivity index (χ4v) is 1.89. The van der Waals surface area contributed by atoms with Crippen LogP contribution < -0.4 is 15.8 Å². The van der Waals surface area contributed by atoms with Gasteiger partial charge in [-0.25, -0.2) is 0 Å². The highest BCUT2D eigenvalue weighted by molar-refractivity contribution is 6.02. The van der Waals surface area contributed by atoms with Gasteiger partial charge in [0.2, 0.25) is 0 Å². The minimum atomic E-state index is -0.183. The standard InChI is InChI=1S/C15H25N3O2/c1-5-20-13-8-6-7-12(16)14(13)15(19)17-11(2)9-10-18(3)4/h6-8,11H,5,9-10,16H2,1-4H3,(H,17,19). The van der Waals surface area contributed by atoms with E-state index in [-0.39, 0.29) is 11.9 Å². The van der Waals surface area contributed by atoms with Crippen molar-refractivity contribution in [3.63, 3.8) is 0 Å². The molecule has 0 aliphatic carbocycles. The molecular weight excluding hydrogens is 254 g/mol. The molecule has 0 spiro atoms. The number of rotatable bonds is 7. The Hall–Kier alpha value is -1.75. The van der Waals surface area contributed by atoms with Crippen molar-refractivity contribution < 1.29 is 9.53 Å². The summed E-state index contributed by atoms with van der Waals surface area (Å²) in [5.74, 6) is 0.350. The van der Waals surface area contributed by atoms with E-state index >= 15 is 0 Å². The maximum Gasteiger partial charge on any atom is 0.257 e. The van der Waals surface area contributed by atoms with E-state index < -0.39 is 0 Å². The van der Waals surface area contributed by atoms with Gasteiger partial charge in [0.1, 0.15) is 11.3 Å². The van der Waals surface area contributed by atoms with Crippen molar-refractivity contribution in [3.8, 4) is 5.75 Å². The zero-order valence-corrected chi connectivity index (χ0v) is 12.8. The van der Waals surface area contributed by atoms with Crippen LogP contribution in [0.25, 0.3) is 0 Å². The zero-order chi connectivity index (χ0) is 15.1. The third-order valence-corrected chi connectivity index (χ3v) is 2.97. The summed E-state index contributed by atoms with van der Waals surface area (Å²) in [6, 6.07) is 5.34. The zero-order valence-electron chi connectivity index (χ0n) is 12.8. The number of carbonyl (C=O) groups excluding carboxylic acids is 1. The summed E-state index contributed by atoms with van der Waals surface area (Å²) in [5.41, 5.74) is 6.76. The van der Waals surface area contributed by atoms with Gasteiger partial charge in [-0.2, -0.15) is 0 Å². The molecule has 0 bridgehead atoms. The third-order valence-electron chi connectivity index (χ3n) is 2.97. The van der Waals surface area contributed by atoms with Gasteiger partial charge in [-0.05, 0) is 53.0 Å². The van der Waals surface area contributed by atoms with Crippen molar-refractivity contribution in [2.45, 2.75) is 26.3 Å². The second-order valence-corrected chi connectivity index (χ2v) is 5.12. The number of anilines is 1. The first-order valence-corrected chi connectivity index (χ1v) is 6.92. The van der Waals surface area contributed by atoms with Gasteiger partial charge in [-0.1, -0.05) is 6.07 Å². The van der Waals surface area contributed by atoms with Gasteiger partial charge in [0.05, 0.1) is 6.61 Å². The average Bonchev–Trinajstić information content (AvgIpc) is 2.36. The molecule has 112 valence electrons. The molecule has 1 aromatic rings. The van der Waals surface area contributed by atoms with Crippen LogP contribution >= 0.6 is 0 Å². The lowest BCUT2D eigenvalue weighted by molar-refractivity contribution is 0.0934. The van der Waals surface area contributed by atoms with Crippen LogP contribution in [-0.4, -0.2) is 44.1 Å². The molecule has 20 heavy (non-hydrogen) atoms. The van der Waals surface area contributed by atoms with Gasteiger partial charge in [0, 0.05) is 11.7 Å². The summed E-state index contributed by atoms with van der Waals surface area (Å²) >= 11 is 0. The van der Waals surface area contributed by atoms with Crippen LogP contribution in [-0.2, 0) is 0 Å². The van der Waals surface area contributed by atoms with Gasteiger partial charge >= 0.3 is 0 Å². The molecule has 0 radical (unpaired) electrons. The Morgan fingerprint density at radius 1 is 1.45 bits per heavy atom. The van der Waals surface area contributed by atoms with E-state index in [0.29, 0.717) is 23.6 Å². The molecule has 0 heterocycles. The van der Waals surface area contributed by atoms with Crippen LogP contribution in [0.4, 0.5) is 5.69 Å². The second kappa shape index (κ2) is 7.75. The quantitative estimate of drug-likeness (QED) is 0.746. The maximum absolute atomic E-state index is 12.3. The molecule has 5 heteroatoms. The fourth-order valence-electron chi connectivity index (χ4n) is 1.89. The van der Waals surface area contributed by atoms with Crippen molar-refractivity contribution in [1.82, 2.24) is 10.2 Å². The van der Waals surface area contributed by atoms with Crippen LogP contribution in [0, 0.1) is 0 Å². The third kappa shape index (κ3) is 4.74. The van der Waals surface area contributed by atoms with Crippen molar-refractivity contribution in [2.75, 3.05) is 33.0 Å². The number of nitrogens with one attached hydrogen (secondary N) is 1. The first-order chi connectivity index (χ1) is 9.45. The van der Waals surface area contributed by atoms with E-state index in [1.807, 2.05) is 27.9 Å². The first kappa shape index (κ1) is 16.3. The summed E-state index contributed by atoms with van der Waals surface area (Å²) in [6.07, 6.45) is 0.884. The van der Waals surface area contributed by atoms with Crippen LogP contribution in [0.15, 0.2) is 18.2 Å². The smallest absolute Gasteiger partial charge is 0.257 e. The number of nitrogens with two attached hydrogens (primary N) is 1. The fraction of sp³-hybridized carbons (Fsp3) is 0.533. The van der Waals surface area contributed by atoms with E-state index in [4.69, 9.17) is 10.5 Å². The van der Waals surface area contributed by atoms with Crippen LogP contribution in [0.5, 0.6) is 5.75 Å². The normalized spacial score (nSPS) is 12.2.